The molecule has 2 amide bonds. The summed E-state index contributed by atoms with van der Waals surface area (Å²) in [4.78, 5) is 43.7. The number of rotatable bonds is 6. The van der Waals surface area contributed by atoms with Crippen LogP contribution < -0.4 is 15.4 Å². The molecule has 0 radical (unpaired) electrons. The third-order valence-corrected chi connectivity index (χ3v) is 3.86. The molecule has 0 aliphatic rings. The number of carbonyl (C=O) groups is 3. The molecule has 0 saturated carbocycles. The van der Waals surface area contributed by atoms with Gasteiger partial charge in [-0.05, 0) is 29.8 Å². The molecule has 1 aromatic heterocycles. The fourth-order valence-corrected chi connectivity index (χ4v) is 2.54. The van der Waals surface area contributed by atoms with Crippen molar-refractivity contribution in [3.05, 3.63) is 83.9 Å². The van der Waals surface area contributed by atoms with Crippen molar-refractivity contribution in [2.75, 3.05) is 5.32 Å². The average Bonchev–Trinajstić information content (AvgIpc) is 2.73. The second kappa shape index (κ2) is 9.23. The van der Waals surface area contributed by atoms with Crippen molar-refractivity contribution in [1.29, 1.82) is 0 Å². The van der Waals surface area contributed by atoms with Crippen LogP contribution in [0.5, 0.6) is 5.75 Å². The van der Waals surface area contributed by atoms with Gasteiger partial charge in [0.1, 0.15) is 11.4 Å². The Hall–Kier alpha value is -4.07. The number of hydrogen-bond acceptors (Lipinski definition) is 6. The Labute approximate surface area is 167 Å². The molecule has 0 unspecified atom stereocenters. The molecular weight excluding hydrogens is 372 g/mol. The van der Waals surface area contributed by atoms with Crippen molar-refractivity contribution < 1.29 is 19.1 Å². The highest BCUT2D eigenvalue weighted by Gasteiger charge is 2.12. The van der Waals surface area contributed by atoms with Crippen LogP contribution in [-0.4, -0.2) is 27.8 Å². The molecule has 8 nitrogen and oxygen atoms in total. The first kappa shape index (κ1) is 19.7. The smallest absolute Gasteiger partial charge is 0.308 e. The van der Waals surface area contributed by atoms with Crippen molar-refractivity contribution in [1.82, 2.24) is 15.3 Å². The summed E-state index contributed by atoms with van der Waals surface area (Å²) in [5, 5.41) is 5.56. The van der Waals surface area contributed by atoms with Gasteiger partial charge >= 0.3 is 5.97 Å². The minimum Gasteiger partial charge on any atom is -0.427 e. The monoisotopic (exact) mass is 390 g/mol. The molecule has 1 heterocycles. The van der Waals surface area contributed by atoms with Crippen molar-refractivity contribution in [2.45, 2.75) is 13.5 Å². The van der Waals surface area contributed by atoms with Crippen LogP contribution in [0, 0.1) is 0 Å². The van der Waals surface area contributed by atoms with Crippen molar-refractivity contribution in [3.63, 3.8) is 0 Å². The number of benzene rings is 2. The largest absolute Gasteiger partial charge is 0.427 e. The molecular formula is C21H18N4O4. The summed E-state index contributed by atoms with van der Waals surface area (Å²) in [6.45, 7) is 1.48. The third-order valence-electron chi connectivity index (χ3n) is 3.86. The third kappa shape index (κ3) is 5.46. The molecule has 2 N–H and O–H groups in total. The second-order valence-corrected chi connectivity index (χ2v) is 6.01. The highest BCUT2D eigenvalue weighted by atomic mass is 16.5. The zero-order chi connectivity index (χ0) is 20.6. The highest BCUT2D eigenvalue weighted by molar-refractivity contribution is 6.05. The van der Waals surface area contributed by atoms with Crippen LogP contribution in [0.3, 0.4) is 0 Å². The van der Waals surface area contributed by atoms with E-state index in [9.17, 15) is 14.4 Å². The minimum atomic E-state index is -0.466. The molecule has 3 rings (SSSR count). The maximum atomic E-state index is 12.6. The van der Waals surface area contributed by atoms with E-state index in [-0.39, 0.29) is 29.8 Å². The number of esters is 1. The molecule has 29 heavy (non-hydrogen) atoms. The van der Waals surface area contributed by atoms with Crippen LogP contribution in [-0.2, 0) is 11.3 Å². The molecule has 2 aromatic carbocycles. The van der Waals surface area contributed by atoms with E-state index in [0.717, 1.165) is 0 Å². The summed E-state index contributed by atoms with van der Waals surface area (Å²) < 4.78 is 5.01. The molecule has 0 saturated heterocycles. The van der Waals surface area contributed by atoms with Gasteiger partial charge in [0.2, 0.25) is 0 Å². The first-order chi connectivity index (χ1) is 14.0. The summed E-state index contributed by atoms with van der Waals surface area (Å²) in [6.07, 6.45) is 4.30. The van der Waals surface area contributed by atoms with Gasteiger partial charge in [-0.3, -0.25) is 19.4 Å². The van der Waals surface area contributed by atoms with Gasteiger partial charge in [0.25, 0.3) is 11.8 Å². The van der Waals surface area contributed by atoms with E-state index in [1.54, 1.807) is 42.5 Å². The standard InChI is InChI=1S/C21H18N4O4/c1-14(26)29-17-7-4-6-15(11-17)20(27)25-18-8-3-2-5-16(18)12-24-21(28)19-13-22-9-10-23-19/h2-11,13H,12H2,1H3,(H,24,28)(H,25,27). The minimum absolute atomic E-state index is 0.194. The lowest BCUT2D eigenvalue weighted by molar-refractivity contribution is -0.131. The van der Waals surface area contributed by atoms with Crippen molar-refractivity contribution in [3.8, 4) is 5.75 Å². The number of para-hydroxylation sites is 1. The Kier molecular flexibility index (Phi) is 6.26. The van der Waals surface area contributed by atoms with Gasteiger partial charge in [0, 0.05) is 37.1 Å². The number of nitrogens with zero attached hydrogens (tertiary/aromatic N) is 2. The highest BCUT2D eigenvalue weighted by Crippen LogP contribution is 2.18. The lowest BCUT2D eigenvalue weighted by Gasteiger charge is -2.12. The van der Waals surface area contributed by atoms with Crippen molar-refractivity contribution >= 4 is 23.5 Å². The van der Waals surface area contributed by atoms with E-state index in [4.69, 9.17) is 4.74 Å². The van der Waals surface area contributed by atoms with Gasteiger partial charge in [-0.25, -0.2) is 4.98 Å². The van der Waals surface area contributed by atoms with Crippen LogP contribution in [0.15, 0.2) is 67.1 Å². The summed E-state index contributed by atoms with van der Waals surface area (Å²) in [6, 6.07) is 13.4. The number of hydrogen-bond donors (Lipinski definition) is 2. The molecule has 0 aliphatic heterocycles. The Morgan fingerprint density at radius 1 is 1.00 bits per heavy atom. The van der Waals surface area contributed by atoms with Gasteiger partial charge in [0.05, 0.1) is 6.20 Å². The molecule has 0 bridgehead atoms. The number of ether oxygens (including phenoxy) is 1. The number of aromatic nitrogens is 2. The SMILES string of the molecule is CC(=O)Oc1cccc(C(=O)Nc2ccccc2CNC(=O)c2cnccn2)c1. The summed E-state index contributed by atoms with van der Waals surface area (Å²) in [5.74, 6) is -0.915. The number of anilines is 1. The lowest BCUT2D eigenvalue weighted by atomic mass is 10.1. The summed E-state index contributed by atoms with van der Waals surface area (Å²) in [7, 11) is 0. The molecule has 8 heteroatoms. The number of nitrogens with one attached hydrogen (secondary N) is 2. The Morgan fingerprint density at radius 3 is 2.59 bits per heavy atom. The Morgan fingerprint density at radius 2 is 1.83 bits per heavy atom. The van der Waals surface area contributed by atoms with E-state index < -0.39 is 5.97 Å². The average molecular weight is 390 g/mol. The van der Waals surface area contributed by atoms with Crippen LogP contribution >= 0.6 is 0 Å². The normalized spacial score (nSPS) is 10.1. The molecule has 0 fully saturated rings. The first-order valence-electron chi connectivity index (χ1n) is 8.75. The van der Waals surface area contributed by atoms with Crippen LogP contribution in [0.2, 0.25) is 0 Å². The number of amides is 2. The quantitative estimate of drug-likeness (QED) is 0.494. The summed E-state index contributed by atoms with van der Waals surface area (Å²) >= 11 is 0. The van der Waals surface area contributed by atoms with E-state index in [2.05, 4.69) is 20.6 Å². The van der Waals surface area contributed by atoms with Gasteiger partial charge in [-0.1, -0.05) is 24.3 Å². The maximum Gasteiger partial charge on any atom is 0.308 e. The zero-order valence-corrected chi connectivity index (χ0v) is 15.6. The Balaban J connectivity index is 1.70. The van der Waals surface area contributed by atoms with Crippen LogP contribution in [0.4, 0.5) is 5.69 Å². The predicted octanol–water partition coefficient (Wildman–Crippen LogP) is 2.58. The van der Waals surface area contributed by atoms with Gasteiger partial charge in [-0.15, -0.1) is 0 Å². The second-order valence-electron chi connectivity index (χ2n) is 6.01. The fourth-order valence-electron chi connectivity index (χ4n) is 2.54. The topological polar surface area (TPSA) is 110 Å². The molecule has 0 spiro atoms. The van der Waals surface area contributed by atoms with Crippen molar-refractivity contribution in [2.24, 2.45) is 0 Å². The van der Waals surface area contributed by atoms with E-state index >= 15 is 0 Å². The number of carbonyl (C=O) groups excluding carboxylic acids is 3. The molecule has 3 aromatic rings. The predicted molar refractivity (Wildman–Crippen MR) is 105 cm³/mol. The van der Waals surface area contributed by atoms with E-state index in [1.807, 2.05) is 0 Å². The zero-order valence-electron chi connectivity index (χ0n) is 15.6. The molecule has 0 atom stereocenters. The lowest BCUT2D eigenvalue weighted by Crippen LogP contribution is -2.24. The fraction of sp³-hybridized carbons (Fsp3) is 0.0952. The Bertz CT molecular complexity index is 1040. The van der Waals surface area contributed by atoms with Gasteiger partial charge < -0.3 is 15.4 Å². The van der Waals surface area contributed by atoms with E-state index in [0.29, 0.717) is 16.8 Å². The van der Waals surface area contributed by atoms with Crippen LogP contribution in [0.1, 0.15) is 33.3 Å². The first-order valence-corrected chi connectivity index (χ1v) is 8.75. The molecule has 0 aliphatic carbocycles. The maximum absolute atomic E-state index is 12.6. The van der Waals surface area contributed by atoms with Gasteiger partial charge in [-0.2, -0.15) is 0 Å². The van der Waals surface area contributed by atoms with Crippen LogP contribution in [0.25, 0.3) is 0 Å². The summed E-state index contributed by atoms with van der Waals surface area (Å²) in [5.41, 5.74) is 1.81. The molecule has 146 valence electrons. The van der Waals surface area contributed by atoms with Gasteiger partial charge in [0.15, 0.2) is 0 Å². The van der Waals surface area contributed by atoms with E-state index in [1.165, 1.54) is 31.6 Å².